The summed E-state index contributed by atoms with van der Waals surface area (Å²) in [5.74, 6) is -0.117. The van der Waals surface area contributed by atoms with Crippen LogP contribution < -0.4 is 5.56 Å². The van der Waals surface area contributed by atoms with Crippen LogP contribution in [0.25, 0.3) is 10.9 Å². The Morgan fingerprint density at radius 2 is 1.93 bits per heavy atom. The van der Waals surface area contributed by atoms with Crippen molar-refractivity contribution in [1.29, 1.82) is 0 Å². The van der Waals surface area contributed by atoms with Gasteiger partial charge in [0.2, 0.25) is 0 Å². The molecule has 0 aliphatic heterocycles. The van der Waals surface area contributed by atoms with E-state index in [9.17, 15) is 9.59 Å². The molecule has 0 aliphatic carbocycles. The van der Waals surface area contributed by atoms with E-state index in [-0.39, 0.29) is 11.5 Å². The van der Waals surface area contributed by atoms with Crippen molar-refractivity contribution < 1.29 is 4.79 Å². The standard InChI is InChI=1S/C21H23ClN4O2S/c1-24(2)9-10-26(13-14-5-4-6-16(22)11-14)19(27)15-7-8-17-18(12-15)23-21(29)25(3)20(17)28/h4-8,11-12H,9-10,13H2,1-3H3,(H,23,29). The van der Waals surface area contributed by atoms with Crippen molar-refractivity contribution in [3.63, 3.8) is 0 Å². The van der Waals surface area contributed by atoms with Crippen LogP contribution in [0.2, 0.25) is 5.02 Å². The molecular formula is C21H23ClN4O2S. The summed E-state index contributed by atoms with van der Waals surface area (Å²) in [6.07, 6.45) is 0. The molecule has 0 aliphatic rings. The fourth-order valence-corrected chi connectivity index (χ4v) is 3.46. The summed E-state index contributed by atoms with van der Waals surface area (Å²) in [7, 11) is 5.55. The van der Waals surface area contributed by atoms with E-state index >= 15 is 0 Å². The van der Waals surface area contributed by atoms with E-state index in [1.165, 1.54) is 4.57 Å². The first-order valence-corrected chi connectivity index (χ1v) is 9.96. The molecule has 0 saturated carbocycles. The zero-order valence-corrected chi connectivity index (χ0v) is 18.2. The molecule has 0 unspecified atom stereocenters. The van der Waals surface area contributed by atoms with Crippen LogP contribution in [0.5, 0.6) is 0 Å². The summed E-state index contributed by atoms with van der Waals surface area (Å²) in [4.78, 5) is 32.5. The quantitative estimate of drug-likeness (QED) is 0.608. The number of rotatable bonds is 6. The van der Waals surface area contributed by atoms with E-state index in [1.807, 2.05) is 43.3 Å². The summed E-state index contributed by atoms with van der Waals surface area (Å²) in [5.41, 5.74) is 1.82. The fraction of sp³-hybridized carbons (Fsp3) is 0.286. The number of hydrogen-bond donors (Lipinski definition) is 1. The lowest BCUT2D eigenvalue weighted by atomic mass is 10.1. The minimum absolute atomic E-state index is 0.117. The zero-order valence-electron chi connectivity index (χ0n) is 16.6. The van der Waals surface area contributed by atoms with Crippen LogP contribution in [-0.4, -0.2) is 52.4 Å². The smallest absolute Gasteiger partial charge is 0.261 e. The predicted octanol–water partition coefficient (Wildman–Crippen LogP) is 3.45. The Balaban J connectivity index is 1.96. The van der Waals surface area contributed by atoms with Crippen molar-refractivity contribution in [3.05, 3.63) is 73.7 Å². The van der Waals surface area contributed by atoms with E-state index in [1.54, 1.807) is 30.1 Å². The van der Waals surface area contributed by atoms with Crippen molar-refractivity contribution in [2.45, 2.75) is 6.54 Å². The van der Waals surface area contributed by atoms with Crippen molar-refractivity contribution in [3.8, 4) is 0 Å². The Morgan fingerprint density at radius 3 is 2.62 bits per heavy atom. The second-order valence-electron chi connectivity index (χ2n) is 7.21. The maximum Gasteiger partial charge on any atom is 0.261 e. The van der Waals surface area contributed by atoms with Gasteiger partial charge in [0.15, 0.2) is 4.77 Å². The number of carbonyl (C=O) groups is 1. The maximum absolute atomic E-state index is 13.3. The van der Waals surface area contributed by atoms with Gasteiger partial charge in [-0.25, -0.2) is 0 Å². The molecule has 2 aromatic carbocycles. The summed E-state index contributed by atoms with van der Waals surface area (Å²) in [6, 6.07) is 12.5. The van der Waals surface area contributed by atoms with Gasteiger partial charge in [-0.15, -0.1) is 0 Å². The Morgan fingerprint density at radius 1 is 1.17 bits per heavy atom. The minimum Gasteiger partial charge on any atom is -0.333 e. The van der Waals surface area contributed by atoms with Gasteiger partial charge in [-0.1, -0.05) is 23.7 Å². The molecule has 0 bridgehead atoms. The molecule has 0 spiro atoms. The second kappa shape index (κ2) is 8.90. The van der Waals surface area contributed by atoms with Crippen LogP contribution >= 0.6 is 23.8 Å². The molecule has 1 N–H and O–H groups in total. The number of likely N-dealkylation sites (N-methyl/N-ethyl adjacent to an activating group) is 1. The van der Waals surface area contributed by atoms with Crippen molar-refractivity contribution >= 4 is 40.6 Å². The van der Waals surface area contributed by atoms with Gasteiger partial charge in [-0.05, 0) is 62.2 Å². The fourth-order valence-electron chi connectivity index (χ4n) is 3.05. The molecule has 3 rings (SSSR count). The molecule has 8 heteroatoms. The number of aromatic nitrogens is 2. The summed E-state index contributed by atoms with van der Waals surface area (Å²) >= 11 is 11.3. The van der Waals surface area contributed by atoms with Gasteiger partial charge in [0, 0.05) is 37.3 Å². The van der Waals surface area contributed by atoms with Gasteiger partial charge < -0.3 is 14.8 Å². The number of halogens is 1. The Labute approximate surface area is 179 Å². The largest absolute Gasteiger partial charge is 0.333 e. The Kier molecular flexibility index (Phi) is 6.52. The van der Waals surface area contributed by atoms with E-state index in [4.69, 9.17) is 23.8 Å². The number of H-pyrrole nitrogens is 1. The lowest BCUT2D eigenvalue weighted by molar-refractivity contribution is 0.0732. The Bertz CT molecular complexity index is 1170. The van der Waals surface area contributed by atoms with Crippen LogP contribution in [0.15, 0.2) is 47.3 Å². The minimum atomic E-state index is -0.189. The first-order valence-electron chi connectivity index (χ1n) is 9.18. The highest BCUT2D eigenvalue weighted by Gasteiger charge is 2.18. The highest BCUT2D eigenvalue weighted by molar-refractivity contribution is 7.71. The van der Waals surface area contributed by atoms with Gasteiger partial charge in [0.25, 0.3) is 11.5 Å². The van der Waals surface area contributed by atoms with Gasteiger partial charge >= 0.3 is 0 Å². The summed E-state index contributed by atoms with van der Waals surface area (Å²) < 4.78 is 1.69. The summed E-state index contributed by atoms with van der Waals surface area (Å²) in [6.45, 7) is 1.73. The third kappa shape index (κ3) is 4.93. The molecule has 0 atom stereocenters. The topological polar surface area (TPSA) is 61.3 Å². The van der Waals surface area contributed by atoms with Crippen molar-refractivity contribution in [2.24, 2.45) is 7.05 Å². The Hall–Kier alpha value is -2.48. The van der Waals surface area contributed by atoms with E-state index in [0.717, 1.165) is 12.1 Å². The molecule has 0 fully saturated rings. The third-order valence-corrected chi connectivity index (χ3v) is 5.33. The predicted molar refractivity (Wildman–Crippen MR) is 119 cm³/mol. The molecule has 1 heterocycles. The number of amides is 1. The highest BCUT2D eigenvalue weighted by Crippen LogP contribution is 2.17. The second-order valence-corrected chi connectivity index (χ2v) is 8.04. The normalized spacial score (nSPS) is 11.2. The highest BCUT2D eigenvalue weighted by atomic mass is 35.5. The van der Waals surface area contributed by atoms with Gasteiger partial charge in [-0.2, -0.15) is 0 Å². The average Bonchev–Trinajstić information content (AvgIpc) is 2.68. The molecule has 152 valence electrons. The molecule has 3 aromatic rings. The van der Waals surface area contributed by atoms with E-state index in [0.29, 0.717) is 39.3 Å². The van der Waals surface area contributed by atoms with Crippen LogP contribution in [-0.2, 0) is 13.6 Å². The van der Waals surface area contributed by atoms with E-state index in [2.05, 4.69) is 4.98 Å². The molecule has 0 radical (unpaired) electrons. The van der Waals surface area contributed by atoms with Crippen LogP contribution in [0.4, 0.5) is 0 Å². The number of hydrogen-bond acceptors (Lipinski definition) is 4. The molecule has 29 heavy (non-hydrogen) atoms. The van der Waals surface area contributed by atoms with Gasteiger partial charge in [-0.3, -0.25) is 14.2 Å². The third-order valence-electron chi connectivity index (χ3n) is 4.71. The monoisotopic (exact) mass is 430 g/mol. The lowest BCUT2D eigenvalue weighted by Crippen LogP contribution is -2.36. The molecule has 1 amide bonds. The SMILES string of the molecule is CN(C)CCN(Cc1cccc(Cl)c1)C(=O)c1ccc2c(=O)n(C)c(=S)[nH]c2c1. The maximum atomic E-state index is 13.3. The molecule has 1 aromatic heterocycles. The van der Waals surface area contributed by atoms with Crippen LogP contribution in [0.1, 0.15) is 15.9 Å². The average molecular weight is 431 g/mol. The number of nitrogens with zero attached hydrogens (tertiary/aromatic N) is 3. The lowest BCUT2D eigenvalue weighted by Gasteiger charge is -2.25. The number of nitrogens with one attached hydrogen (secondary N) is 1. The van der Waals surface area contributed by atoms with E-state index < -0.39 is 0 Å². The van der Waals surface area contributed by atoms with Crippen molar-refractivity contribution in [2.75, 3.05) is 27.2 Å². The van der Waals surface area contributed by atoms with Crippen LogP contribution in [0.3, 0.4) is 0 Å². The number of fused-ring (bicyclic) bond motifs is 1. The zero-order chi connectivity index (χ0) is 21.1. The number of benzene rings is 2. The molecule has 0 saturated heterocycles. The first kappa shape index (κ1) is 21.2. The van der Waals surface area contributed by atoms with Crippen LogP contribution in [0, 0.1) is 4.77 Å². The first-order chi connectivity index (χ1) is 13.8. The number of carbonyl (C=O) groups excluding carboxylic acids is 1. The molecule has 6 nitrogen and oxygen atoms in total. The van der Waals surface area contributed by atoms with Crippen molar-refractivity contribution in [1.82, 2.24) is 19.4 Å². The van der Waals surface area contributed by atoms with Gasteiger partial charge in [0.05, 0.1) is 10.9 Å². The molecular weight excluding hydrogens is 408 g/mol. The number of aromatic amines is 1. The van der Waals surface area contributed by atoms with Gasteiger partial charge in [0.1, 0.15) is 0 Å². The summed E-state index contributed by atoms with van der Waals surface area (Å²) in [5, 5.41) is 1.13.